The quantitative estimate of drug-likeness (QED) is 0.792. The van der Waals surface area contributed by atoms with E-state index in [2.05, 4.69) is 10.3 Å². The average molecular weight is 228 g/mol. The zero-order chi connectivity index (χ0) is 11.3. The molecule has 15 heavy (non-hydrogen) atoms. The van der Waals surface area contributed by atoms with Crippen LogP contribution in [0.25, 0.3) is 0 Å². The minimum absolute atomic E-state index is 0.0869. The van der Waals surface area contributed by atoms with Crippen molar-refractivity contribution in [1.29, 1.82) is 0 Å². The van der Waals surface area contributed by atoms with E-state index >= 15 is 0 Å². The molecular formula is C10H16N2O2S. The molecule has 0 aliphatic carbocycles. The molecule has 0 fully saturated rings. The van der Waals surface area contributed by atoms with Crippen LogP contribution in [0.3, 0.4) is 0 Å². The van der Waals surface area contributed by atoms with Gasteiger partial charge in [0, 0.05) is 13.2 Å². The Hall–Kier alpha value is -0.940. The van der Waals surface area contributed by atoms with Gasteiger partial charge in [-0.1, -0.05) is 13.8 Å². The number of carbonyl (C=O) groups is 1. The van der Waals surface area contributed by atoms with Crippen molar-refractivity contribution < 1.29 is 9.90 Å². The number of nitrogens with zero attached hydrogens (tertiary/aromatic N) is 1. The number of carbonyl (C=O) groups excluding carboxylic acids is 1. The third kappa shape index (κ3) is 3.28. The molecule has 0 spiro atoms. The van der Waals surface area contributed by atoms with Crippen molar-refractivity contribution in [3.8, 4) is 0 Å². The van der Waals surface area contributed by atoms with Crippen LogP contribution < -0.4 is 5.32 Å². The highest BCUT2D eigenvalue weighted by Crippen LogP contribution is 2.13. The van der Waals surface area contributed by atoms with Crippen LogP contribution in [0.1, 0.15) is 29.2 Å². The lowest BCUT2D eigenvalue weighted by atomic mass is 10.2. The molecule has 1 aromatic heterocycles. The largest absolute Gasteiger partial charge is 0.396 e. The van der Waals surface area contributed by atoms with E-state index in [0.29, 0.717) is 11.4 Å². The molecule has 0 radical (unpaired) electrons. The van der Waals surface area contributed by atoms with Crippen LogP contribution in [0.4, 0.5) is 0 Å². The van der Waals surface area contributed by atoms with Gasteiger partial charge in [-0.05, 0) is 12.3 Å². The first-order valence-electron chi connectivity index (χ1n) is 5.00. The molecule has 1 amide bonds. The topological polar surface area (TPSA) is 62.2 Å². The summed E-state index contributed by atoms with van der Waals surface area (Å²) in [6.45, 7) is 4.44. The molecule has 0 saturated carbocycles. The van der Waals surface area contributed by atoms with Crippen molar-refractivity contribution in [2.24, 2.45) is 5.92 Å². The van der Waals surface area contributed by atoms with Gasteiger partial charge in [-0.25, -0.2) is 4.98 Å². The average Bonchev–Trinajstić information content (AvgIpc) is 2.73. The Balaban J connectivity index is 2.54. The summed E-state index contributed by atoms with van der Waals surface area (Å²) in [4.78, 5) is 16.5. The van der Waals surface area contributed by atoms with E-state index in [1.165, 1.54) is 11.3 Å². The van der Waals surface area contributed by atoms with E-state index in [1.807, 2.05) is 13.8 Å². The fraction of sp³-hybridized carbons (Fsp3) is 0.600. The van der Waals surface area contributed by atoms with Crippen LogP contribution in [0, 0.1) is 5.92 Å². The molecule has 0 aromatic carbocycles. The Morgan fingerprint density at radius 1 is 1.73 bits per heavy atom. The molecule has 0 bridgehead atoms. The Labute approximate surface area is 93.4 Å². The van der Waals surface area contributed by atoms with Gasteiger partial charge in [0.2, 0.25) is 0 Å². The second-order valence-electron chi connectivity index (χ2n) is 3.48. The number of hydrogen-bond donors (Lipinski definition) is 2. The minimum Gasteiger partial charge on any atom is -0.396 e. The van der Waals surface area contributed by atoms with Crippen molar-refractivity contribution in [3.63, 3.8) is 0 Å². The van der Waals surface area contributed by atoms with Crippen LogP contribution in [0.2, 0.25) is 0 Å². The molecule has 5 heteroatoms. The van der Waals surface area contributed by atoms with Gasteiger partial charge in [-0.3, -0.25) is 4.79 Å². The van der Waals surface area contributed by atoms with Gasteiger partial charge in [0.1, 0.15) is 4.88 Å². The number of nitrogens with one attached hydrogen (secondary N) is 1. The second kappa shape index (κ2) is 5.82. The molecule has 2 N–H and O–H groups in total. The first-order chi connectivity index (χ1) is 7.19. The molecule has 0 aliphatic heterocycles. The van der Waals surface area contributed by atoms with Gasteiger partial charge in [0.15, 0.2) is 0 Å². The van der Waals surface area contributed by atoms with Crippen LogP contribution in [0.5, 0.6) is 0 Å². The molecule has 1 atom stereocenters. The minimum atomic E-state index is -0.0883. The predicted molar refractivity (Wildman–Crippen MR) is 60.1 cm³/mol. The predicted octanol–water partition coefficient (Wildman–Crippen LogP) is 1.06. The van der Waals surface area contributed by atoms with Crippen molar-refractivity contribution in [1.82, 2.24) is 10.3 Å². The van der Waals surface area contributed by atoms with E-state index < -0.39 is 0 Å². The lowest BCUT2D eigenvalue weighted by Gasteiger charge is -2.08. The van der Waals surface area contributed by atoms with E-state index in [4.69, 9.17) is 5.11 Å². The smallest absolute Gasteiger partial charge is 0.263 e. The van der Waals surface area contributed by atoms with Crippen LogP contribution in [-0.2, 0) is 6.42 Å². The zero-order valence-electron chi connectivity index (χ0n) is 8.99. The van der Waals surface area contributed by atoms with Crippen LogP contribution in [0.15, 0.2) is 5.51 Å². The molecule has 1 unspecified atom stereocenters. The first-order valence-corrected chi connectivity index (χ1v) is 5.88. The maximum absolute atomic E-state index is 11.7. The van der Waals surface area contributed by atoms with E-state index in [-0.39, 0.29) is 18.4 Å². The molecule has 1 heterocycles. The van der Waals surface area contributed by atoms with Crippen molar-refractivity contribution in [3.05, 3.63) is 16.1 Å². The van der Waals surface area contributed by atoms with Crippen LogP contribution >= 0.6 is 11.3 Å². The Kier molecular flexibility index (Phi) is 4.71. The van der Waals surface area contributed by atoms with Gasteiger partial charge in [0.25, 0.3) is 5.91 Å². The van der Waals surface area contributed by atoms with Crippen molar-refractivity contribution in [2.75, 3.05) is 13.2 Å². The number of aliphatic hydroxyl groups excluding tert-OH is 1. The normalized spacial score (nSPS) is 12.5. The van der Waals surface area contributed by atoms with Gasteiger partial charge < -0.3 is 10.4 Å². The summed E-state index contributed by atoms with van der Waals surface area (Å²) >= 11 is 1.36. The fourth-order valence-electron chi connectivity index (χ4n) is 1.12. The highest BCUT2D eigenvalue weighted by molar-refractivity contribution is 7.11. The number of aromatic nitrogens is 1. The molecule has 4 nitrogen and oxygen atoms in total. The van der Waals surface area contributed by atoms with Crippen molar-refractivity contribution in [2.45, 2.75) is 20.3 Å². The number of thiazole rings is 1. The summed E-state index contributed by atoms with van der Waals surface area (Å²) in [6, 6.07) is 0. The maximum Gasteiger partial charge on any atom is 0.263 e. The van der Waals surface area contributed by atoms with Crippen LogP contribution in [-0.4, -0.2) is 29.1 Å². The van der Waals surface area contributed by atoms with Gasteiger partial charge in [-0.2, -0.15) is 0 Å². The standard InChI is InChI=1S/C10H16N2O2S/c1-3-8-9(15-6-12-8)10(14)11-4-7(2)5-13/h6-7,13H,3-5H2,1-2H3,(H,11,14). The zero-order valence-corrected chi connectivity index (χ0v) is 9.80. The number of aliphatic hydroxyl groups is 1. The van der Waals surface area contributed by atoms with Crippen molar-refractivity contribution >= 4 is 17.2 Å². The second-order valence-corrected chi connectivity index (χ2v) is 4.33. The highest BCUT2D eigenvalue weighted by atomic mass is 32.1. The molecule has 0 saturated heterocycles. The lowest BCUT2D eigenvalue weighted by molar-refractivity contribution is 0.0945. The number of aryl methyl sites for hydroxylation is 1. The summed E-state index contributed by atoms with van der Waals surface area (Å²) < 4.78 is 0. The Morgan fingerprint density at radius 2 is 2.47 bits per heavy atom. The molecule has 0 aliphatic rings. The molecule has 84 valence electrons. The monoisotopic (exact) mass is 228 g/mol. The number of hydrogen-bond acceptors (Lipinski definition) is 4. The van der Waals surface area contributed by atoms with Gasteiger partial charge in [0.05, 0.1) is 11.2 Å². The third-order valence-corrected chi connectivity index (χ3v) is 2.97. The third-order valence-electron chi connectivity index (χ3n) is 2.11. The number of rotatable bonds is 5. The Morgan fingerprint density at radius 3 is 3.07 bits per heavy atom. The molecule has 1 rings (SSSR count). The Bertz CT molecular complexity index is 325. The lowest BCUT2D eigenvalue weighted by Crippen LogP contribution is -2.29. The number of amides is 1. The first kappa shape index (κ1) is 12.1. The maximum atomic E-state index is 11.7. The van der Waals surface area contributed by atoms with Gasteiger partial charge >= 0.3 is 0 Å². The summed E-state index contributed by atoms with van der Waals surface area (Å²) in [7, 11) is 0. The summed E-state index contributed by atoms with van der Waals surface area (Å²) in [5, 5.41) is 11.6. The highest BCUT2D eigenvalue weighted by Gasteiger charge is 2.13. The van der Waals surface area contributed by atoms with E-state index in [1.54, 1.807) is 5.51 Å². The SMILES string of the molecule is CCc1ncsc1C(=O)NCC(C)CO. The van der Waals surface area contributed by atoms with E-state index in [9.17, 15) is 4.79 Å². The summed E-state index contributed by atoms with van der Waals surface area (Å²) in [5.41, 5.74) is 2.53. The van der Waals surface area contributed by atoms with Gasteiger partial charge in [-0.15, -0.1) is 11.3 Å². The fourth-order valence-corrected chi connectivity index (χ4v) is 1.92. The summed E-state index contributed by atoms with van der Waals surface area (Å²) in [5.74, 6) is 0.00148. The molecule has 1 aromatic rings. The van der Waals surface area contributed by atoms with E-state index in [0.717, 1.165) is 12.1 Å². The summed E-state index contributed by atoms with van der Waals surface area (Å²) in [6.07, 6.45) is 0.766. The molecular weight excluding hydrogens is 212 g/mol.